The van der Waals surface area contributed by atoms with E-state index >= 15 is 0 Å². The minimum absolute atomic E-state index is 0.00315. The summed E-state index contributed by atoms with van der Waals surface area (Å²) in [6.45, 7) is 4.04. The molecule has 5 nitrogen and oxygen atoms in total. The van der Waals surface area contributed by atoms with Crippen molar-refractivity contribution in [3.05, 3.63) is 88.9 Å². The highest BCUT2D eigenvalue weighted by molar-refractivity contribution is 5.89. The molecule has 3 unspecified atom stereocenters. The Morgan fingerprint density at radius 1 is 1.06 bits per heavy atom. The van der Waals surface area contributed by atoms with Gasteiger partial charge in [0.1, 0.15) is 0 Å². The Morgan fingerprint density at radius 3 is 2.81 bits per heavy atom. The van der Waals surface area contributed by atoms with Crippen LogP contribution >= 0.6 is 0 Å². The number of aromatic nitrogens is 3. The van der Waals surface area contributed by atoms with Crippen molar-refractivity contribution >= 4 is 28.7 Å². The molecule has 0 bridgehead atoms. The van der Waals surface area contributed by atoms with Gasteiger partial charge in [0, 0.05) is 29.0 Å². The zero-order valence-electron chi connectivity index (χ0n) is 18.4. The van der Waals surface area contributed by atoms with E-state index in [-0.39, 0.29) is 12.0 Å². The smallest absolute Gasteiger partial charge is 0.0927 e. The first kappa shape index (κ1) is 20.5. The van der Waals surface area contributed by atoms with Crippen LogP contribution in [-0.4, -0.2) is 32.4 Å². The maximum Gasteiger partial charge on any atom is 0.0927 e. The standard InChI is InChI=1S/C27H28N4O/c1-17-13-19(11-12-28-17)7-10-25-23-9-8-20(15-26(23)31-30-25)22-14-21-5-3-4-6-24(21)29-18(2)27(32)16-22/h3-13,15,18,22,27,29,32H,14,16H2,1-2H3,(H,30,31)/b10-7+. The second-order valence-electron chi connectivity index (χ2n) is 8.77. The van der Waals surface area contributed by atoms with Gasteiger partial charge in [-0.15, -0.1) is 0 Å². The van der Waals surface area contributed by atoms with Gasteiger partial charge in [-0.25, -0.2) is 0 Å². The minimum Gasteiger partial charge on any atom is -0.391 e. The monoisotopic (exact) mass is 424 g/mol. The van der Waals surface area contributed by atoms with Gasteiger partial charge in [-0.1, -0.05) is 36.4 Å². The highest BCUT2D eigenvalue weighted by Crippen LogP contribution is 2.34. The second-order valence-corrected chi connectivity index (χ2v) is 8.77. The lowest BCUT2D eigenvalue weighted by molar-refractivity contribution is 0.137. The maximum atomic E-state index is 10.8. The number of nitrogens with one attached hydrogen (secondary N) is 2. The number of hydrogen-bond acceptors (Lipinski definition) is 4. The number of benzene rings is 2. The van der Waals surface area contributed by atoms with Crippen LogP contribution in [0.2, 0.25) is 0 Å². The van der Waals surface area contributed by atoms with Gasteiger partial charge in [-0.2, -0.15) is 5.10 Å². The molecule has 162 valence electrons. The summed E-state index contributed by atoms with van der Waals surface area (Å²) in [6, 6.07) is 19.0. The molecular weight excluding hydrogens is 396 g/mol. The first-order valence-corrected chi connectivity index (χ1v) is 11.2. The Morgan fingerprint density at radius 2 is 1.94 bits per heavy atom. The number of rotatable bonds is 3. The molecule has 3 N–H and O–H groups in total. The summed E-state index contributed by atoms with van der Waals surface area (Å²) in [5, 5.41) is 23.0. The molecule has 0 amide bonds. The third-order valence-corrected chi connectivity index (χ3v) is 6.41. The lowest BCUT2D eigenvalue weighted by atomic mass is 9.83. The predicted octanol–water partition coefficient (Wildman–Crippen LogP) is 5.33. The predicted molar refractivity (Wildman–Crippen MR) is 131 cm³/mol. The molecule has 0 radical (unpaired) electrons. The largest absolute Gasteiger partial charge is 0.391 e. The molecule has 3 atom stereocenters. The molecule has 1 aliphatic heterocycles. The van der Waals surface area contributed by atoms with Crippen LogP contribution in [-0.2, 0) is 6.42 Å². The molecule has 0 fully saturated rings. The molecule has 5 rings (SSSR count). The Balaban J connectivity index is 1.45. The summed E-state index contributed by atoms with van der Waals surface area (Å²) in [4.78, 5) is 4.25. The van der Waals surface area contributed by atoms with Crippen LogP contribution in [0.4, 0.5) is 5.69 Å². The summed E-state index contributed by atoms with van der Waals surface area (Å²) in [5.74, 6) is 0.238. The van der Waals surface area contributed by atoms with Crippen LogP contribution < -0.4 is 5.32 Å². The molecule has 2 aromatic heterocycles. The Bertz CT molecular complexity index is 1280. The van der Waals surface area contributed by atoms with E-state index in [0.717, 1.165) is 46.4 Å². The van der Waals surface area contributed by atoms with Crippen LogP contribution in [0.3, 0.4) is 0 Å². The average Bonchev–Trinajstić information content (AvgIpc) is 3.19. The van der Waals surface area contributed by atoms with E-state index in [9.17, 15) is 5.11 Å². The van der Waals surface area contributed by atoms with Gasteiger partial charge in [0.15, 0.2) is 0 Å². The molecule has 0 saturated carbocycles. The fourth-order valence-corrected chi connectivity index (χ4v) is 4.56. The highest BCUT2D eigenvalue weighted by atomic mass is 16.3. The normalized spacial score (nSPS) is 21.2. The third-order valence-electron chi connectivity index (χ3n) is 6.41. The molecule has 0 aliphatic carbocycles. The summed E-state index contributed by atoms with van der Waals surface area (Å²) in [6.07, 6.45) is 7.12. The van der Waals surface area contributed by atoms with Crippen molar-refractivity contribution < 1.29 is 5.11 Å². The first-order chi connectivity index (χ1) is 15.6. The molecule has 32 heavy (non-hydrogen) atoms. The van der Waals surface area contributed by atoms with Crippen LogP contribution in [0.15, 0.2) is 60.8 Å². The van der Waals surface area contributed by atoms with E-state index in [2.05, 4.69) is 69.0 Å². The van der Waals surface area contributed by atoms with Crippen molar-refractivity contribution in [1.82, 2.24) is 15.2 Å². The van der Waals surface area contributed by atoms with E-state index in [1.807, 2.05) is 38.3 Å². The number of H-pyrrole nitrogens is 1. The number of nitrogens with zero attached hydrogens (tertiary/aromatic N) is 2. The fourth-order valence-electron chi connectivity index (χ4n) is 4.56. The average molecular weight is 425 g/mol. The molecule has 0 spiro atoms. The first-order valence-electron chi connectivity index (χ1n) is 11.2. The van der Waals surface area contributed by atoms with Gasteiger partial charge in [-0.05, 0) is 79.6 Å². The molecule has 5 heteroatoms. The lowest BCUT2D eigenvalue weighted by Crippen LogP contribution is -2.34. The Kier molecular flexibility index (Phi) is 5.50. The molecule has 3 heterocycles. The van der Waals surface area contributed by atoms with Crippen LogP contribution in [0.5, 0.6) is 0 Å². The van der Waals surface area contributed by atoms with Gasteiger partial charge in [0.05, 0.1) is 17.3 Å². The molecule has 0 saturated heterocycles. The Hall–Kier alpha value is -3.44. The lowest BCUT2D eigenvalue weighted by Gasteiger charge is -2.30. The van der Waals surface area contributed by atoms with E-state index in [1.54, 1.807) is 0 Å². The van der Waals surface area contributed by atoms with Crippen molar-refractivity contribution in [3.8, 4) is 0 Å². The quantitative estimate of drug-likeness (QED) is 0.416. The van der Waals surface area contributed by atoms with Crippen LogP contribution in [0.25, 0.3) is 23.1 Å². The van der Waals surface area contributed by atoms with Crippen molar-refractivity contribution in [2.45, 2.75) is 44.8 Å². The summed E-state index contributed by atoms with van der Waals surface area (Å²) >= 11 is 0. The van der Waals surface area contributed by atoms with Gasteiger partial charge in [0.2, 0.25) is 0 Å². The van der Waals surface area contributed by atoms with Crippen molar-refractivity contribution in [2.24, 2.45) is 0 Å². The zero-order chi connectivity index (χ0) is 22.1. The van der Waals surface area contributed by atoms with E-state index in [4.69, 9.17) is 0 Å². The number of aliphatic hydroxyl groups excluding tert-OH is 1. The third kappa shape index (κ3) is 4.16. The molecule has 1 aliphatic rings. The van der Waals surface area contributed by atoms with Gasteiger partial charge >= 0.3 is 0 Å². The van der Waals surface area contributed by atoms with Crippen LogP contribution in [0, 0.1) is 6.92 Å². The maximum absolute atomic E-state index is 10.8. The number of hydrogen-bond donors (Lipinski definition) is 3. The number of para-hydroxylation sites is 1. The summed E-state index contributed by atoms with van der Waals surface area (Å²) in [7, 11) is 0. The number of anilines is 1. The number of pyridine rings is 1. The SMILES string of the molecule is Cc1cc(/C=C/c2n[nH]c3cc(C4Cc5ccccc5NC(C)C(O)C4)ccc23)ccn1. The molecular formula is C27H28N4O. The molecule has 2 aromatic carbocycles. The number of aromatic amines is 1. The van der Waals surface area contributed by atoms with Crippen molar-refractivity contribution in [3.63, 3.8) is 0 Å². The minimum atomic E-state index is -0.409. The summed E-state index contributed by atoms with van der Waals surface area (Å²) in [5.41, 5.74) is 7.67. The second kappa shape index (κ2) is 8.60. The van der Waals surface area contributed by atoms with Crippen LogP contribution in [0.1, 0.15) is 47.3 Å². The fraction of sp³-hybridized carbons (Fsp3) is 0.259. The van der Waals surface area contributed by atoms with E-state index in [0.29, 0.717) is 0 Å². The number of fused-ring (bicyclic) bond motifs is 2. The molecule has 4 aromatic rings. The van der Waals surface area contributed by atoms with Crippen molar-refractivity contribution in [1.29, 1.82) is 0 Å². The zero-order valence-corrected chi connectivity index (χ0v) is 18.4. The number of aliphatic hydroxyl groups is 1. The van der Waals surface area contributed by atoms with Gasteiger partial charge in [0.25, 0.3) is 0 Å². The van der Waals surface area contributed by atoms with E-state index < -0.39 is 6.10 Å². The van der Waals surface area contributed by atoms with E-state index in [1.165, 1.54) is 11.1 Å². The van der Waals surface area contributed by atoms with Gasteiger partial charge in [-0.3, -0.25) is 10.1 Å². The topological polar surface area (TPSA) is 73.8 Å². The highest BCUT2D eigenvalue weighted by Gasteiger charge is 2.26. The Labute approximate surface area is 188 Å². The summed E-state index contributed by atoms with van der Waals surface area (Å²) < 4.78 is 0. The van der Waals surface area contributed by atoms with Gasteiger partial charge < -0.3 is 10.4 Å². The van der Waals surface area contributed by atoms with Crippen molar-refractivity contribution in [2.75, 3.05) is 5.32 Å². The number of aryl methyl sites for hydroxylation is 1.